The molecule has 0 spiro atoms. The van der Waals surface area contributed by atoms with Gasteiger partial charge in [-0.05, 0) is 30.3 Å². The van der Waals surface area contributed by atoms with Crippen LogP contribution in [0.4, 0.5) is 0 Å². The van der Waals surface area contributed by atoms with Gasteiger partial charge in [0.2, 0.25) is 0 Å². The van der Waals surface area contributed by atoms with Crippen molar-refractivity contribution in [1.82, 2.24) is 9.97 Å². The summed E-state index contributed by atoms with van der Waals surface area (Å²) in [5.74, 6) is -0.320. The lowest BCUT2D eigenvalue weighted by Crippen LogP contribution is -2.11. The minimum absolute atomic E-state index is 0.190. The Hall–Kier alpha value is -2.67. The van der Waals surface area contributed by atoms with Crippen LogP contribution < -0.4 is 5.56 Å². The molecule has 2 heterocycles. The Balaban J connectivity index is 1.82. The number of carbonyl (C=O) groups excluding carboxylic acids is 1. The second kappa shape index (κ2) is 7.39. The predicted octanol–water partition coefficient (Wildman–Crippen LogP) is 5.31. The van der Waals surface area contributed by atoms with Crippen molar-refractivity contribution >= 4 is 72.6 Å². The van der Waals surface area contributed by atoms with Crippen molar-refractivity contribution in [2.75, 3.05) is 7.11 Å². The number of fused-ring (bicyclic) bond motifs is 2. The number of halogens is 2. The topological polar surface area (TPSA) is 72.1 Å². The maximum atomic E-state index is 12.4. The van der Waals surface area contributed by atoms with Crippen LogP contribution in [0.25, 0.3) is 32.1 Å². The Bertz CT molecular complexity index is 1320. The van der Waals surface area contributed by atoms with Crippen molar-refractivity contribution < 1.29 is 9.53 Å². The molecular weight excluding hydrogens is 419 g/mol. The SMILES string of the molecule is COC(=O)c1ccc2c(=O)[nH]c(C(Cl)=Cc3sc4ccccc4c3Cl)nc2c1. The highest BCUT2D eigenvalue weighted by atomic mass is 35.5. The van der Waals surface area contributed by atoms with Crippen LogP contribution in [-0.4, -0.2) is 23.0 Å². The zero-order valence-corrected chi connectivity index (χ0v) is 16.8. The van der Waals surface area contributed by atoms with E-state index in [9.17, 15) is 9.59 Å². The zero-order chi connectivity index (χ0) is 19.8. The first-order chi connectivity index (χ1) is 13.5. The molecule has 0 bridgehead atoms. The second-order valence-corrected chi connectivity index (χ2v) is 7.78. The minimum Gasteiger partial charge on any atom is -0.465 e. The van der Waals surface area contributed by atoms with Gasteiger partial charge in [0, 0.05) is 15.0 Å². The van der Waals surface area contributed by atoms with Gasteiger partial charge in [-0.1, -0.05) is 41.4 Å². The van der Waals surface area contributed by atoms with E-state index < -0.39 is 5.97 Å². The monoisotopic (exact) mass is 430 g/mol. The number of nitrogens with zero attached hydrogens (tertiary/aromatic N) is 1. The van der Waals surface area contributed by atoms with E-state index in [1.165, 1.54) is 36.6 Å². The van der Waals surface area contributed by atoms with E-state index in [0.29, 0.717) is 21.5 Å². The summed E-state index contributed by atoms with van der Waals surface area (Å²) in [5.41, 5.74) is 0.285. The smallest absolute Gasteiger partial charge is 0.337 e. The van der Waals surface area contributed by atoms with Crippen LogP contribution >= 0.6 is 34.5 Å². The molecule has 140 valence electrons. The molecule has 0 aliphatic heterocycles. The van der Waals surface area contributed by atoms with Crippen LogP contribution in [-0.2, 0) is 4.74 Å². The normalized spacial score (nSPS) is 11.9. The van der Waals surface area contributed by atoms with Gasteiger partial charge in [-0.25, -0.2) is 9.78 Å². The molecule has 0 radical (unpaired) electrons. The molecule has 2 aromatic heterocycles. The van der Waals surface area contributed by atoms with Crippen LogP contribution in [0.1, 0.15) is 21.1 Å². The fraction of sp³-hybridized carbons (Fsp3) is 0.0500. The summed E-state index contributed by atoms with van der Waals surface area (Å²) >= 11 is 14.4. The fourth-order valence-corrected chi connectivity index (χ4v) is 4.50. The molecule has 0 unspecified atom stereocenters. The van der Waals surface area contributed by atoms with Gasteiger partial charge in [0.05, 0.1) is 33.6 Å². The number of rotatable bonds is 3. The zero-order valence-electron chi connectivity index (χ0n) is 14.5. The third-order valence-electron chi connectivity index (χ3n) is 4.17. The van der Waals surface area contributed by atoms with E-state index in [-0.39, 0.29) is 16.4 Å². The summed E-state index contributed by atoms with van der Waals surface area (Å²) in [7, 11) is 1.29. The summed E-state index contributed by atoms with van der Waals surface area (Å²) in [6, 6.07) is 12.3. The molecule has 0 amide bonds. The molecule has 0 aliphatic rings. The van der Waals surface area contributed by atoms with Crippen LogP contribution in [0, 0.1) is 0 Å². The standard InChI is InChI=1S/C20H12Cl2N2O3S/c1-27-20(26)10-6-7-11-14(8-10)23-18(24-19(11)25)13(21)9-16-17(22)12-4-2-3-5-15(12)28-16/h2-9H,1H3,(H,23,24,25). The Morgan fingerprint density at radius 2 is 2.00 bits per heavy atom. The van der Waals surface area contributed by atoms with E-state index in [1.807, 2.05) is 24.3 Å². The van der Waals surface area contributed by atoms with E-state index in [0.717, 1.165) is 15.0 Å². The van der Waals surface area contributed by atoms with Gasteiger partial charge >= 0.3 is 5.97 Å². The number of aromatic nitrogens is 2. The Kier molecular flexibility index (Phi) is 4.93. The molecule has 0 atom stereocenters. The lowest BCUT2D eigenvalue weighted by Gasteiger charge is -2.04. The van der Waals surface area contributed by atoms with Crippen molar-refractivity contribution in [3.05, 3.63) is 74.1 Å². The van der Waals surface area contributed by atoms with Gasteiger partial charge in [-0.15, -0.1) is 11.3 Å². The Labute approximate surface area is 173 Å². The van der Waals surface area contributed by atoms with E-state index in [4.69, 9.17) is 27.9 Å². The Morgan fingerprint density at radius 3 is 2.75 bits per heavy atom. The fourth-order valence-electron chi connectivity index (χ4n) is 2.81. The number of hydrogen-bond donors (Lipinski definition) is 1. The van der Waals surface area contributed by atoms with Gasteiger partial charge in [0.15, 0.2) is 5.82 Å². The molecule has 2 aromatic carbocycles. The molecule has 1 N–H and O–H groups in total. The first-order valence-electron chi connectivity index (χ1n) is 8.15. The summed E-state index contributed by atoms with van der Waals surface area (Å²) in [5, 5.41) is 2.11. The molecule has 0 aliphatic carbocycles. The van der Waals surface area contributed by atoms with E-state index in [1.54, 1.807) is 6.08 Å². The number of nitrogens with one attached hydrogen (secondary N) is 1. The van der Waals surface area contributed by atoms with Gasteiger partial charge in [-0.3, -0.25) is 4.79 Å². The first kappa shape index (κ1) is 18.7. The molecule has 0 fully saturated rings. The number of benzene rings is 2. The highest BCUT2D eigenvalue weighted by Crippen LogP contribution is 2.37. The third kappa shape index (κ3) is 3.30. The second-order valence-electron chi connectivity index (χ2n) is 5.91. The van der Waals surface area contributed by atoms with E-state index >= 15 is 0 Å². The van der Waals surface area contributed by atoms with Gasteiger partial charge < -0.3 is 9.72 Å². The highest BCUT2D eigenvalue weighted by Gasteiger charge is 2.13. The van der Waals surface area contributed by atoms with Crippen molar-refractivity contribution in [3.8, 4) is 0 Å². The molecule has 0 saturated carbocycles. The summed E-state index contributed by atoms with van der Waals surface area (Å²) in [6.07, 6.45) is 1.67. The molecule has 0 saturated heterocycles. The maximum Gasteiger partial charge on any atom is 0.337 e. The van der Waals surface area contributed by atoms with Crippen LogP contribution in [0.5, 0.6) is 0 Å². The average Bonchev–Trinajstić information content (AvgIpc) is 3.02. The molecular formula is C20H12Cl2N2O3S. The third-order valence-corrected chi connectivity index (χ3v) is 6.10. The summed E-state index contributed by atoms with van der Waals surface area (Å²) in [4.78, 5) is 32.0. The number of carbonyl (C=O) groups is 1. The molecule has 28 heavy (non-hydrogen) atoms. The van der Waals surface area contributed by atoms with Crippen molar-refractivity contribution in [3.63, 3.8) is 0 Å². The number of methoxy groups -OCH3 is 1. The minimum atomic E-state index is -0.510. The highest BCUT2D eigenvalue weighted by molar-refractivity contribution is 7.20. The largest absolute Gasteiger partial charge is 0.465 e. The number of aromatic amines is 1. The number of thiophene rings is 1. The summed E-state index contributed by atoms with van der Waals surface area (Å²) < 4.78 is 5.74. The maximum absolute atomic E-state index is 12.4. The van der Waals surface area contributed by atoms with Crippen LogP contribution in [0.2, 0.25) is 5.02 Å². The van der Waals surface area contributed by atoms with Crippen molar-refractivity contribution in [2.45, 2.75) is 0 Å². The van der Waals surface area contributed by atoms with Crippen molar-refractivity contribution in [1.29, 1.82) is 0 Å². The average molecular weight is 431 g/mol. The summed E-state index contributed by atoms with van der Waals surface area (Å²) in [6.45, 7) is 0. The number of H-pyrrole nitrogens is 1. The van der Waals surface area contributed by atoms with Crippen LogP contribution in [0.15, 0.2) is 47.3 Å². The molecule has 5 nitrogen and oxygen atoms in total. The molecule has 4 aromatic rings. The molecule has 4 rings (SSSR count). The lowest BCUT2D eigenvalue weighted by atomic mass is 10.1. The Morgan fingerprint density at radius 1 is 1.21 bits per heavy atom. The predicted molar refractivity (Wildman–Crippen MR) is 114 cm³/mol. The lowest BCUT2D eigenvalue weighted by molar-refractivity contribution is 0.0601. The van der Waals surface area contributed by atoms with Gasteiger partial charge in [0.1, 0.15) is 0 Å². The van der Waals surface area contributed by atoms with E-state index in [2.05, 4.69) is 9.97 Å². The quantitative estimate of drug-likeness (QED) is 0.446. The first-order valence-corrected chi connectivity index (χ1v) is 9.72. The van der Waals surface area contributed by atoms with Gasteiger partial charge in [-0.2, -0.15) is 0 Å². The number of hydrogen-bond acceptors (Lipinski definition) is 5. The molecule has 8 heteroatoms. The number of esters is 1. The van der Waals surface area contributed by atoms with Crippen molar-refractivity contribution in [2.24, 2.45) is 0 Å². The van der Waals surface area contributed by atoms with Gasteiger partial charge in [0.25, 0.3) is 5.56 Å². The number of ether oxygens (including phenoxy) is 1. The van der Waals surface area contributed by atoms with Crippen LogP contribution in [0.3, 0.4) is 0 Å².